The lowest BCUT2D eigenvalue weighted by atomic mass is 10.4. The molecule has 5 heteroatoms. The summed E-state index contributed by atoms with van der Waals surface area (Å²) >= 11 is 0. The molecule has 0 atom stereocenters. The Hall–Kier alpha value is -0.650. The Balaban J connectivity index is 3.61. The van der Waals surface area contributed by atoms with E-state index in [2.05, 4.69) is 0 Å². The average molecular weight is 175 g/mol. The van der Waals surface area contributed by atoms with E-state index in [1.807, 2.05) is 4.90 Å². The highest BCUT2D eigenvalue weighted by Crippen LogP contribution is 1.86. The largest absolute Gasteiger partial charge is 0.395 e. The summed E-state index contributed by atoms with van der Waals surface area (Å²) in [6, 6.07) is 0. The molecule has 72 valence electrons. The number of nitrogens with two attached hydrogens (primary N) is 1. The van der Waals surface area contributed by atoms with Crippen LogP contribution >= 0.6 is 0 Å². The Morgan fingerprint density at radius 1 is 1.58 bits per heavy atom. The number of nitrogens with one attached hydrogen (secondary N) is 1. The highest BCUT2D eigenvalue weighted by atomic mass is 16.5. The summed E-state index contributed by atoms with van der Waals surface area (Å²) in [6.07, 6.45) is 0. The number of hydrogen-bond donors (Lipinski definition) is 3. The van der Waals surface area contributed by atoms with Gasteiger partial charge in [0.2, 0.25) is 0 Å². The van der Waals surface area contributed by atoms with Gasteiger partial charge in [-0.1, -0.05) is 0 Å². The van der Waals surface area contributed by atoms with Crippen molar-refractivity contribution in [2.45, 2.75) is 0 Å². The van der Waals surface area contributed by atoms with Crippen molar-refractivity contribution in [1.29, 1.82) is 5.41 Å². The molecule has 0 spiro atoms. The minimum Gasteiger partial charge on any atom is -0.395 e. The van der Waals surface area contributed by atoms with Gasteiger partial charge in [0.25, 0.3) is 0 Å². The second-order valence-corrected chi connectivity index (χ2v) is 2.52. The standard InChI is InChI=1S/C7H17N3O2/c1-12-5-3-10(2-4-11)6-7(8)9/h11H,2-6H2,1H3,(H3,8,9). The summed E-state index contributed by atoms with van der Waals surface area (Å²) in [4.78, 5) is 1.87. The molecule has 0 aromatic heterocycles. The van der Waals surface area contributed by atoms with Crippen molar-refractivity contribution in [1.82, 2.24) is 4.90 Å². The predicted molar refractivity (Wildman–Crippen MR) is 47.3 cm³/mol. The van der Waals surface area contributed by atoms with Crippen molar-refractivity contribution in [2.75, 3.05) is 40.0 Å². The highest BCUT2D eigenvalue weighted by molar-refractivity contribution is 5.78. The lowest BCUT2D eigenvalue weighted by Gasteiger charge is -2.19. The third kappa shape index (κ3) is 6.09. The Bertz CT molecular complexity index is 130. The van der Waals surface area contributed by atoms with Crippen molar-refractivity contribution in [3.8, 4) is 0 Å². The summed E-state index contributed by atoms with van der Waals surface area (Å²) in [5.41, 5.74) is 5.21. The van der Waals surface area contributed by atoms with Gasteiger partial charge in [-0.3, -0.25) is 10.3 Å². The van der Waals surface area contributed by atoms with Crippen molar-refractivity contribution < 1.29 is 9.84 Å². The summed E-state index contributed by atoms with van der Waals surface area (Å²) in [5.74, 6) is 0.111. The summed E-state index contributed by atoms with van der Waals surface area (Å²) < 4.78 is 4.87. The van der Waals surface area contributed by atoms with E-state index in [0.29, 0.717) is 26.2 Å². The van der Waals surface area contributed by atoms with Gasteiger partial charge >= 0.3 is 0 Å². The van der Waals surface area contributed by atoms with Gasteiger partial charge in [0, 0.05) is 20.2 Å². The Kier molecular flexibility index (Phi) is 6.64. The van der Waals surface area contributed by atoms with Crippen LogP contribution in [-0.4, -0.2) is 55.8 Å². The van der Waals surface area contributed by atoms with Gasteiger partial charge in [-0.15, -0.1) is 0 Å². The normalized spacial score (nSPS) is 10.6. The molecule has 0 aliphatic rings. The van der Waals surface area contributed by atoms with E-state index in [0.717, 1.165) is 0 Å². The van der Waals surface area contributed by atoms with Crippen molar-refractivity contribution in [3.05, 3.63) is 0 Å². The van der Waals surface area contributed by atoms with Gasteiger partial charge in [0.05, 0.1) is 19.8 Å². The lowest BCUT2D eigenvalue weighted by molar-refractivity contribution is 0.140. The first-order valence-electron chi connectivity index (χ1n) is 3.85. The van der Waals surface area contributed by atoms with Crippen LogP contribution in [0.5, 0.6) is 0 Å². The molecule has 0 amide bonds. The molecule has 0 aromatic rings. The van der Waals surface area contributed by atoms with Crippen molar-refractivity contribution >= 4 is 5.84 Å². The zero-order valence-electron chi connectivity index (χ0n) is 7.42. The summed E-state index contributed by atoms with van der Waals surface area (Å²) in [5, 5.41) is 15.7. The number of amidine groups is 1. The fourth-order valence-electron chi connectivity index (χ4n) is 0.873. The van der Waals surface area contributed by atoms with Gasteiger partial charge in [-0.25, -0.2) is 0 Å². The van der Waals surface area contributed by atoms with Crippen LogP contribution < -0.4 is 5.73 Å². The zero-order chi connectivity index (χ0) is 9.40. The fraction of sp³-hybridized carbons (Fsp3) is 0.857. The second kappa shape index (κ2) is 7.02. The molecule has 5 nitrogen and oxygen atoms in total. The van der Waals surface area contributed by atoms with Crippen LogP contribution in [0.4, 0.5) is 0 Å². The number of ether oxygens (including phenoxy) is 1. The maximum Gasteiger partial charge on any atom is 0.105 e. The molecule has 0 bridgehead atoms. The van der Waals surface area contributed by atoms with Gasteiger partial charge in [0.15, 0.2) is 0 Å². The fourth-order valence-corrected chi connectivity index (χ4v) is 0.873. The van der Waals surface area contributed by atoms with Crippen LogP contribution in [0.25, 0.3) is 0 Å². The van der Waals surface area contributed by atoms with Crippen LogP contribution in [0.1, 0.15) is 0 Å². The van der Waals surface area contributed by atoms with Gasteiger partial charge in [0.1, 0.15) is 5.84 Å². The number of hydrogen-bond acceptors (Lipinski definition) is 4. The number of nitrogens with zero attached hydrogens (tertiary/aromatic N) is 1. The van der Waals surface area contributed by atoms with Gasteiger partial charge < -0.3 is 15.6 Å². The average Bonchev–Trinajstić information content (AvgIpc) is 2.00. The molecule has 0 fully saturated rings. The van der Waals surface area contributed by atoms with Gasteiger partial charge in [-0.2, -0.15) is 0 Å². The third-order valence-corrected chi connectivity index (χ3v) is 1.42. The highest BCUT2D eigenvalue weighted by Gasteiger charge is 2.04. The quantitative estimate of drug-likeness (QED) is 0.337. The molecule has 0 heterocycles. The SMILES string of the molecule is COCCN(CCO)CC(=N)N. The van der Waals surface area contributed by atoms with Crippen LogP contribution in [0.3, 0.4) is 0 Å². The molecule has 0 rings (SSSR count). The molecule has 4 N–H and O–H groups in total. The first-order chi connectivity index (χ1) is 5.70. The molecule has 0 aliphatic carbocycles. The number of methoxy groups -OCH3 is 1. The number of aliphatic hydroxyl groups excluding tert-OH is 1. The summed E-state index contributed by atoms with van der Waals surface area (Å²) in [7, 11) is 1.62. The molecule has 12 heavy (non-hydrogen) atoms. The molecule has 0 unspecified atom stereocenters. The molecule has 0 aliphatic heterocycles. The van der Waals surface area contributed by atoms with Crippen LogP contribution in [0.2, 0.25) is 0 Å². The lowest BCUT2D eigenvalue weighted by Crippen LogP contribution is -2.37. The van der Waals surface area contributed by atoms with Crippen LogP contribution in [-0.2, 0) is 4.74 Å². The third-order valence-electron chi connectivity index (χ3n) is 1.42. The maximum atomic E-state index is 8.66. The van der Waals surface area contributed by atoms with Crippen LogP contribution in [0.15, 0.2) is 0 Å². The molecular weight excluding hydrogens is 158 g/mol. The van der Waals surface area contributed by atoms with E-state index in [1.54, 1.807) is 7.11 Å². The van der Waals surface area contributed by atoms with Crippen molar-refractivity contribution in [2.24, 2.45) is 5.73 Å². The Morgan fingerprint density at radius 3 is 2.67 bits per heavy atom. The van der Waals surface area contributed by atoms with Gasteiger partial charge in [-0.05, 0) is 0 Å². The van der Waals surface area contributed by atoms with Crippen LogP contribution in [0, 0.1) is 5.41 Å². The van der Waals surface area contributed by atoms with E-state index < -0.39 is 0 Å². The minimum atomic E-state index is 0.0804. The van der Waals surface area contributed by atoms with E-state index >= 15 is 0 Å². The van der Waals surface area contributed by atoms with Crippen molar-refractivity contribution in [3.63, 3.8) is 0 Å². The minimum absolute atomic E-state index is 0.0804. The monoisotopic (exact) mass is 175 g/mol. The second-order valence-electron chi connectivity index (χ2n) is 2.52. The first kappa shape index (κ1) is 11.4. The molecule has 0 saturated carbocycles. The summed E-state index contributed by atoms with van der Waals surface area (Å²) in [6.45, 7) is 2.29. The Morgan fingerprint density at radius 2 is 2.25 bits per heavy atom. The maximum absolute atomic E-state index is 8.66. The molecule has 0 aromatic carbocycles. The predicted octanol–water partition coefficient (Wildman–Crippen LogP) is -1.14. The topological polar surface area (TPSA) is 82.6 Å². The van der Waals surface area contributed by atoms with E-state index in [1.165, 1.54) is 0 Å². The first-order valence-corrected chi connectivity index (χ1v) is 3.85. The molecule has 0 saturated heterocycles. The smallest absolute Gasteiger partial charge is 0.105 e. The Labute approximate surface area is 72.6 Å². The molecular formula is C7H17N3O2. The van der Waals surface area contributed by atoms with E-state index in [-0.39, 0.29) is 12.4 Å². The zero-order valence-corrected chi connectivity index (χ0v) is 7.42. The van der Waals surface area contributed by atoms with E-state index in [4.69, 9.17) is 21.0 Å². The molecule has 0 radical (unpaired) electrons. The number of aliphatic hydroxyl groups is 1. The van der Waals surface area contributed by atoms with E-state index in [9.17, 15) is 0 Å². The number of rotatable bonds is 7.